The summed E-state index contributed by atoms with van der Waals surface area (Å²) in [6, 6.07) is 3.87. The van der Waals surface area contributed by atoms with Gasteiger partial charge in [0.1, 0.15) is 0 Å². The van der Waals surface area contributed by atoms with Crippen LogP contribution in [0.5, 0.6) is 0 Å². The van der Waals surface area contributed by atoms with Crippen LogP contribution in [0.1, 0.15) is 32.0 Å². The van der Waals surface area contributed by atoms with Gasteiger partial charge in [0.05, 0.1) is 12.3 Å². The van der Waals surface area contributed by atoms with Crippen LogP contribution in [0.3, 0.4) is 0 Å². The second-order valence-electron chi connectivity index (χ2n) is 3.95. The minimum absolute atomic E-state index is 0.0183. The largest absolute Gasteiger partial charge is 0.390 e. The standard InChI is InChI=1S/C10H15NO/c1-10(2,3)8-4-5-9(7-12)11-6-8/h4-6,12H,7H2,1-3H3. The molecule has 1 aromatic rings. The molecular formula is C10H15NO. The second kappa shape index (κ2) is 3.23. The highest BCUT2D eigenvalue weighted by Crippen LogP contribution is 2.20. The molecule has 2 heteroatoms. The number of nitrogens with zero attached hydrogens (tertiary/aromatic N) is 1. The molecule has 0 amide bonds. The summed E-state index contributed by atoms with van der Waals surface area (Å²) < 4.78 is 0. The molecular weight excluding hydrogens is 150 g/mol. The number of pyridine rings is 1. The number of aliphatic hydroxyl groups is 1. The van der Waals surface area contributed by atoms with Gasteiger partial charge in [0, 0.05) is 6.20 Å². The summed E-state index contributed by atoms with van der Waals surface area (Å²) in [4.78, 5) is 4.11. The van der Waals surface area contributed by atoms with Crippen molar-refractivity contribution < 1.29 is 5.11 Å². The van der Waals surface area contributed by atoms with Crippen LogP contribution in [-0.4, -0.2) is 10.1 Å². The summed E-state index contributed by atoms with van der Waals surface area (Å²) in [5.41, 5.74) is 2.06. The van der Waals surface area contributed by atoms with Crippen molar-refractivity contribution >= 4 is 0 Å². The Morgan fingerprint density at radius 2 is 2.00 bits per heavy atom. The number of aliphatic hydroxyl groups excluding tert-OH is 1. The molecule has 0 saturated carbocycles. The van der Waals surface area contributed by atoms with E-state index >= 15 is 0 Å². The van der Waals surface area contributed by atoms with Crippen LogP contribution < -0.4 is 0 Å². The van der Waals surface area contributed by atoms with Crippen LogP contribution in [0.4, 0.5) is 0 Å². The van der Waals surface area contributed by atoms with Gasteiger partial charge in [-0.2, -0.15) is 0 Å². The van der Waals surface area contributed by atoms with Gasteiger partial charge in [-0.3, -0.25) is 4.98 Å². The molecule has 0 atom stereocenters. The average Bonchev–Trinajstić information content (AvgIpc) is 2.03. The molecule has 0 bridgehead atoms. The maximum Gasteiger partial charge on any atom is 0.0852 e. The van der Waals surface area contributed by atoms with Crippen LogP contribution in [0.15, 0.2) is 18.3 Å². The van der Waals surface area contributed by atoms with Gasteiger partial charge in [-0.15, -0.1) is 0 Å². The number of rotatable bonds is 1. The van der Waals surface area contributed by atoms with Crippen LogP contribution in [0, 0.1) is 0 Å². The van der Waals surface area contributed by atoms with E-state index in [2.05, 4.69) is 25.8 Å². The van der Waals surface area contributed by atoms with E-state index in [1.807, 2.05) is 18.3 Å². The normalized spacial score (nSPS) is 11.7. The van der Waals surface area contributed by atoms with Gasteiger partial charge in [-0.05, 0) is 17.0 Å². The van der Waals surface area contributed by atoms with E-state index in [9.17, 15) is 0 Å². The summed E-state index contributed by atoms with van der Waals surface area (Å²) in [7, 11) is 0. The minimum Gasteiger partial charge on any atom is -0.390 e. The first-order valence-corrected chi connectivity index (χ1v) is 4.10. The molecule has 0 spiro atoms. The van der Waals surface area contributed by atoms with Crippen molar-refractivity contribution in [1.82, 2.24) is 4.98 Å². The third-order valence-corrected chi connectivity index (χ3v) is 1.85. The zero-order chi connectivity index (χ0) is 9.19. The molecule has 0 aliphatic carbocycles. The summed E-state index contributed by atoms with van der Waals surface area (Å²) in [6.45, 7) is 6.44. The third-order valence-electron chi connectivity index (χ3n) is 1.85. The lowest BCUT2D eigenvalue weighted by molar-refractivity contribution is 0.276. The summed E-state index contributed by atoms with van der Waals surface area (Å²) in [5, 5.41) is 8.77. The number of hydrogen-bond acceptors (Lipinski definition) is 2. The highest BCUT2D eigenvalue weighted by atomic mass is 16.3. The molecule has 1 N–H and O–H groups in total. The van der Waals surface area contributed by atoms with E-state index < -0.39 is 0 Å². The van der Waals surface area contributed by atoms with Gasteiger partial charge in [0.25, 0.3) is 0 Å². The van der Waals surface area contributed by atoms with Crippen molar-refractivity contribution in [3.8, 4) is 0 Å². The van der Waals surface area contributed by atoms with E-state index in [1.54, 1.807) is 0 Å². The van der Waals surface area contributed by atoms with Crippen LogP contribution >= 0.6 is 0 Å². The first-order valence-electron chi connectivity index (χ1n) is 4.10. The van der Waals surface area contributed by atoms with Gasteiger partial charge in [-0.1, -0.05) is 26.8 Å². The third kappa shape index (κ3) is 2.05. The van der Waals surface area contributed by atoms with Gasteiger partial charge in [0.15, 0.2) is 0 Å². The minimum atomic E-state index is 0.0183. The van der Waals surface area contributed by atoms with Crippen LogP contribution in [0.2, 0.25) is 0 Å². The van der Waals surface area contributed by atoms with Crippen molar-refractivity contribution in [2.24, 2.45) is 0 Å². The topological polar surface area (TPSA) is 33.1 Å². The molecule has 0 radical (unpaired) electrons. The zero-order valence-corrected chi connectivity index (χ0v) is 7.83. The van der Waals surface area contributed by atoms with Crippen molar-refractivity contribution in [3.63, 3.8) is 0 Å². The Hall–Kier alpha value is -0.890. The second-order valence-corrected chi connectivity index (χ2v) is 3.95. The number of aromatic nitrogens is 1. The molecule has 0 aromatic carbocycles. The van der Waals surface area contributed by atoms with Crippen LogP contribution in [-0.2, 0) is 12.0 Å². The SMILES string of the molecule is CC(C)(C)c1ccc(CO)nc1. The maximum atomic E-state index is 8.77. The van der Waals surface area contributed by atoms with Crippen molar-refractivity contribution in [2.75, 3.05) is 0 Å². The molecule has 0 saturated heterocycles. The quantitative estimate of drug-likeness (QED) is 0.689. The van der Waals surface area contributed by atoms with Gasteiger partial charge in [0.2, 0.25) is 0 Å². The molecule has 1 aromatic heterocycles. The predicted molar refractivity (Wildman–Crippen MR) is 48.9 cm³/mol. The molecule has 1 rings (SSSR count). The Labute approximate surface area is 73.3 Å². The Bertz CT molecular complexity index is 246. The van der Waals surface area contributed by atoms with E-state index in [1.165, 1.54) is 5.56 Å². The fourth-order valence-electron chi connectivity index (χ4n) is 0.962. The summed E-state index contributed by atoms with van der Waals surface area (Å²) in [5.74, 6) is 0. The van der Waals surface area contributed by atoms with Gasteiger partial charge in [-0.25, -0.2) is 0 Å². The molecule has 66 valence electrons. The van der Waals surface area contributed by atoms with E-state index in [-0.39, 0.29) is 12.0 Å². The molecule has 0 unspecified atom stereocenters. The predicted octanol–water partition coefficient (Wildman–Crippen LogP) is 1.87. The van der Waals surface area contributed by atoms with Crippen molar-refractivity contribution in [2.45, 2.75) is 32.8 Å². The lowest BCUT2D eigenvalue weighted by Gasteiger charge is -2.18. The molecule has 0 aliphatic rings. The van der Waals surface area contributed by atoms with Gasteiger partial charge < -0.3 is 5.11 Å². The highest BCUT2D eigenvalue weighted by Gasteiger charge is 2.13. The maximum absolute atomic E-state index is 8.77. The van der Waals surface area contributed by atoms with Crippen LogP contribution in [0.25, 0.3) is 0 Å². The molecule has 12 heavy (non-hydrogen) atoms. The highest BCUT2D eigenvalue weighted by molar-refractivity contribution is 5.20. The first-order chi connectivity index (χ1) is 5.54. The molecule has 1 heterocycles. The van der Waals surface area contributed by atoms with Crippen molar-refractivity contribution in [1.29, 1.82) is 0 Å². The molecule has 0 fully saturated rings. The Morgan fingerprint density at radius 3 is 2.33 bits per heavy atom. The van der Waals surface area contributed by atoms with E-state index in [0.29, 0.717) is 0 Å². The average molecular weight is 165 g/mol. The molecule has 0 aliphatic heterocycles. The smallest absolute Gasteiger partial charge is 0.0852 e. The first kappa shape index (κ1) is 9.20. The van der Waals surface area contributed by atoms with Crippen molar-refractivity contribution in [3.05, 3.63) is 29.6 Å². The van der Waals surface area contributed by atoms with E-state index in [0.717, 1.165) is 5.69 Å². The summed E-state index contributed by atoms with van der Waals surface area (Å²) in [6.07, 6.45) is 1.82. The Kier molecular flexibility index (Phi) is 2.48. The lowest BCUT2D eigenvalue weighted by atomic mass is 9.88. The summed E-state index contributed by atoms with van der Waals surface area (Å²) >= 11 is 0. The molecule has 2 nitrogen and oxygen atoms in total. The number of hydrogen-bond donors (Lipinski definition) is 1. The Morgan fingerprint density at radius 1 is 1.33 bits per heavy atom. The fourth-order valence-corrected chi connectivity index (χ4v) is 0.962. The Balaban J connectivity index is 2.93. The zero-order valence-electron chi connectivity index (χ0n) is 7.83. The van der Waals surface area contributed by atoms with E-state index in [4.69, 9.17) is 5.11 Å². The van der Waals surface area contributed by atoms with Gasteiger partial charge >= 0.3 is 0 Å². The monoisotopic (exact) mass is 165 g/mol. The lowest BCUT2D eigenvalue weighted by Crippen LogP contribution is -2.11. The fraction of sp³-hybridized carbons (Fsp3) is 0.500.